The van der Waals surface area contributed by atoms with Gasteiger partial charge in [-0.15, -0.1) is 0 Å². The molecule has 0 spiro atoms. The number of nitrogens with zero attached hydrogens (tertiary/aromatic N) is 2. The molecular formula is C25H21N3O2. The second-order valence-corrected chi connectivity index (χ2v) is 7.39. The zero-order valence-corrected chi connectivity index (χ0v) is 16.8. The zero-order valence-electron chi connectivity index (χ0n) is 16.8. The Hall–Kier alpha value is -3.86. The Morgan fingerprint density at radius 1 is 1.00 bits per heavy atom. The second kappa shape index (κ2) is 7.19. The first kappa shape index (κ1) is 18.2. The van der Waals surface area contributed by atoms with Crippen molar-refractivity contribution in [3.8, 4) is 22.6 Å². The van der Waals surface area contributed by atoms with E-state index in [1.807, 2.05) is 54.1 Å². The lowest BCUT2D eigenvalue weighted by molar-refractivity contribution is 0.0943. The number of hydrogen-bond acceptors (Lipinski definition) is 3. The molecule has 1 amide bonds. The summed E-state index contributed by atoms with van der Waals surface area (Å²) in [5.41, 5.74) is 6.87. The van der Waals surface area contributed by atoms with Crippen LogP contribution >= 0.6 is 0 Å². The molecule has 4 aromatic rings. The summed E-state index contributed by atoms with van der Waals surface area (Å²) in [4.78, 5) is 17.4. The molecule has 5 heteroatoms. The molecule has 0 saturated carbocycles. The van der Waals surface area contributed by atoms with E-state index in [-0.39, 0.29) is 11.9 Å². The van der Waals surface area contributed by atoms with Crippen molar-refractivity contribution in [2.75, 3.05) is 7.11 Å². The van der Waals surface area contributed by atoms with E-state index in [2.05, 4.69) is 34.6 Å². The van der Waals surface area contributed by atoms with Gasteiger partial charge in [-0.3, -0.25) is 4.79 Å². The first-order valence-corrected chi connectivity index (χ1v) is 9.84. The number of aryl methyl sites for hydroxylation is 1. The summed E-state index contributed by atoms with van der Waals surface area (Å²) >= 11 is 0. The number of benzene rings is 3. The minimum atomic E-state index is -0.174. The highest BCUT2D eigenvalue weighted by atomic mass is 16.5. The number of imidazole rings is 1. The van der Waals surface area contributed by atoms with Crippen molar-refractivity contribution >= 4 is 5.91 Å². The predicted molar refractivity (Wildman–Crippen MR) is 116 cm³/mol. The fourth-order valence-electron chi connectivity index (χ4n) is 4.11. The molecule has 0 aliphatic heterocycles. The highest BCUT2D eigenvalue weighted by molar-refractivity contribution is 5.96. The van der Waals surface area contributed by atoms with Gasteiger partial charge in [-0.1, -0.05) is 48.5 Å². The number of hydrogen-bond donors (Lipinski definition) is 1. The fourth-order valence-corrected chi connectivity index (χ4v) is 4.11. The van der Waals surface area contributed by atoms with E-state index < -0.39 is 0 Å². The van der Waals surface area contributed by atoms with Gasteiger partial charge in [0.1, 0.15) is 5.75 Å². The average Bonchev–Trinajstić information content (AvgIpc) is 3.35. The highest BCUT2D eigenvalue weighted by Crippen LogP contribution is 2.43. The standard InChI is InChI=1S/C25H21N3O2/c1-16-14-28(15-26-16)22-12-11-17(13-23(22)30-2)25(29)27-24-20-9-5-3-7-18(20)19-8-4-6-10-21(19)24/h3-15,24H,1-2H3,(H,27,29). The Balaban J connectivity index is 1.47. The lowest BCUT2D eigenvalue weighted by atomic mass is 10.0. The van der Waals surface area contributed by atoms with Gasteiger partial charge >= 0.3 is 0 Å². The molecule has 0 bridgehead atoms. The topological polar surface area (TPSA) is 56.1 Å². The number of methoxy groups -OCH3 is 1. The largest absolute Gasteiger partial charge is 0.495 e. The summed E-state index contributed by atoms with van der Waals surface area (Å²) in [5, 5.41) is 3.21. The molecule has 0 fully saturated rings. The van der Waals surface area contributed by atoms with Gasteiger partial charge in [-0.2, -0.15) is 0 Å². The molecular weight excluding hydrogens is 374 g/mol. The van der Waals surface area contributed by atoms with Crippen molar-refractivity contribution in [3.63, 3.8) is 0 Å². The Labute approximate surface area is 175 Å². The third-order valence-electron chi connectivity index (χ3n) is 5.54. The smallest absolute Gasteiger partial charge is 0.252 e. The lowest BCUT2D eigenvalue weighted by Gasteiger charge is -2.17. The summed E-state index contributed by atoms with van der Waals surface area (Å²) in [6.07, 6.45) is 3.66. The molecule has 1 aliphatic carbocycles. The molecule has 0 saturated heterocycles. The van der Waals surface area contributed by atoms with E-state index in [1.54, 1.807) is 19.5 Å². The van der Waals surface area contributed by atoms with Crippen LogP contribution in [0, 0.1) is 6.92 Å². The maximum atomic E-state index is 13.2. The lowest BCUT2D eigenvalue weighted by Crippen LogP contribution is -2.28. The van der Waals surface area contributed by atoms with E-state index in [1.165, 1.54) is 11.1 Å². The maximum Gasteiger partial charge on any atom is 0.252 e. The maximum absolute atomic E-state index is 13.2. The van der Waals surface area contributed by atoms with E-state index in [0.717, 1.165) is 22.5 Å². The number of nitrogens with one attached hydrogen (secondary N) is 1. The summed E-state index contributed by atoms with van der Waals surface area (Å²) in [7, 11) is 1.60. The Morgan fingerprint density at radius 2 is 1.67 bits per heavy atom. The molecule has 0 atom stereocenters. The molecule has 1 N–H and O–H groups in total. The third-order valence-corrected chi connectivity index (χ3v) is 5.54. The number of amides is 1. The van der Waals surface area contributed by atoms with Crippen molar-refractivity contribution in [1.82, 2.24) is 14.9 Å². The van der Waals surface area contributed by atoms with Crippen molar-refractivity contribution in [3.05, 3.63) is 102 Å². The number of carbonyl (C=O) groups excluding carboxylic acids is 1. The number of fused-ring (bicyclic) bond motifs is 3. The van der Waals surface area contributed by atoms with Crippen LogP contribution in [0.3, 0.4) is 0 Å². The highest BCUT2D eigenvalue weighted by Gasteiger charge is 2.29. The molecule has 5 rings (SSSR count). The zero-order chi connectivity index (χ0) is 20.7. The van der Waals surface area contributed by atoms with Gasteiger partial charge in [0.2, 0.25) is 0 Å². The van der Waals surface area contributed by atoms with Crippen LogP contribution in [-0.4, -0.2) is 22.6 Å². The SMILES string of the molecule is COc1cc(C(=O)NC2c3ccccc3-c3ccccc32)ccc1-n1cnc(C)c1. The Bertz CT molecular complexity index is 1210. The van der Waals surface area contributed by atoms with Crippen LogP contribution < -0.4 is 10.1 Å². The first-order valence-electron chi connectivity index (χ1n) is 9.84. The van der Waals surface area contributed by atoms with Crippen LogP contribution in [0.15, 0.2) is 79.3 Å². The Kier molecular flexibility index (Phi) is 4.36. The average molecular weight is 395 g/mol. The van der Waals surface area contributed by atoms with Crippen LogP contribution in [0.1, 0.15) is 33.2 Å². The minimum absolute atomic E-state index is 0.141. The first-order chi connectivity index (χ1) is 14.7. The minimum Gasteiger partial charge on any atom is -0.495 e. The molecule has 30 heavy (non-hydrogen) atoms. The van der Waals surface area contributed by atoms with Gasteiger partial charge in [0.15, 0.2) is 0 Å². The van der Waals surface area contributed by atoms with Crippen LogP contribution in [0.25, 0.3) is 16.8 Å². The number of aromatic nitrogens is 2. The number of ether oxygens (including phenoxy) is 1. The van der Waals surface area contributed by atoms with E-state index in [9.17, 15) is 4.79 Å². The summed E-state index contributed by atoms with van der Waals surface area (Å²) in [6, 6.07) is 21.7. The quantitative estimate of drug-likeness (QED) is 0.545. The second-order valence-electron chi connectivity index (χ2n) is 7.39. The van der Waals surface area contributed by atoms with Gasteiger partial charge in [0.25, 0.3) is 5.91 Å². The van der Waals surface area contributed by atoms with E-state index in [4.69, 9.17) is 4.74 Å². The van der Waals surface area contributed by atoms with E-state index >= 15 is 0 Å². The van der Waals surface area contributed by atoms with Gasteiger partial charge in [-0.25, -0.2) is 4.98 Å². The molecule has 3 aromatic carbocycles. The van der Waals surface area contributed by atoms with E-state index in [0.29, 0.717) is 11.3 Å². The van der Waals surface area contributed by atoms with Crippen LogP contribution in [0.5, 0.6) is 5.75 Å². The van der Waals surface area contributed by atoms with Crippen LogP contribution in [0.2, 0.25) is 0 Å². The summed E-state index contributed by atoms with van der Waals surface area (Å²) < 4.78 is 7.44. The molecule has 0 unspecified atom stereocenters. The fraction of sp³-hybridized carbons (Fsp3) is 0.120. The molecule has 1 aliphatic rings. The third kappa shape index (κ3) is 2.95. The van der Waals surface area contributed by atoms with Crippen molar-refractivity contribution < 1.29 is 9.53 Å². The van der Waals surface area contributed by atoms with Gasteiger partial charge < -0.3 is 14.6 Å². The van der Waals surface area contributed by atoms with Gasteiger partial charge in [0.05, 0.1) is 30.9 Å². The van der Waals surface area contributed by atoms with Crippen molar-refractivity contribution in [1.29, 1.82) is 0 Å². The Morgan fingerprint density at radius 3 is 2.27 bits per heavy atom. The van der Waals surface area contributed by atoms with Gasteiger partial charge in [-0.05, 0) is 47.4 Å². The summed E-state index contributed by atoms with van der Waals surface area (Å²) in [5.74, 6) is 0.477. The number of rotatable bonds is 4. The van der Waals surface area contributed by atoms with Crippen molar-refractivity contribution in [2.24, 2.45) is 0 Å². The van der Waals surface area contributed by atoms with Crippen LogP contribution in [0.4, 0.5) is 0 Å². The number of carbonyl (C=O) groups is 1. The normalized spacial score (nSPS) is 12.3. The molecule has 148 valence electrons. The predicted octanol–water partition coefficient (Wildman–Crippen LogP) is 4.69. The van der Waals surface area contributed by atoms with Crippen LogP contribution in [-0.2, 0) is 0 Å². The molecule has 0 radical (unpaired) electrons. The van der Waals surface area contributed by atoms with Gasteiger partial charge in [0, 0.05) is 11.8 Å². The van der Waals surface area contributed by atoms with Crippen molar-refractivity contribution in [2.45, 2.75) is 13.0 Å². The molecule has 1 aromatic heterocycles. The summed E-state index contributed by atoms with van der Waals surface area (Å²) in [6.45, 7) is 1.93. The molecule has 5 nitrogen and oxygen atoms in total. The molecule has 1 heterocycles. The monoisotopic (exact) mass is 395 g/mol.